The third-order valence-corrected chi connectivity index (χ3v) is 13.6. The standard InChI is InChI=1S/C67H118O6/c1-4-7-10-13-16-19-22-25-27-29-30-31-32-33-34-35-36-38-39-42-45-48-51-54-57-60-66(69)72-63-64(62-71-65(68)59-56-53-50-47-44-41-24-21-18-15-12-9-6-3)73-67(70)61-58-55-52-49-46-43-40-37-28-26-23-20-17-14-11-8-5-2/h8,11-12,15,17,20-21,24,26,28-30,64H,4-7,9-10,13-14,16,18-19,22-23,25,27,31-63H2,1-3H3/b11-8-,15-12-,20-17-,24-21-,28-26-,30-29-. The lowest BCUT2D eigenvalue weighted by Crippen LogP contribution is -2.30. The summed E-state index contributed by atoms with van der Waals surface area (Å²) in [7, 11) is 0. The second kappa shape index (κ2) is 61.4. The Bertz CT molecular complexity index is 1360. The second-order valence-electron chi connectivity index (χ2n) is 20.9. The number of ether oxygens (including phenoxy) is 3. The molecule has 0 aliphatic carbocycles. The van der Waals surface area contributed by atoms with E-state index < -0.39 is 6.10 Å². The predicted molar refractivity (Wildman–Crippen MR) is 316 cm³/mol. The van der Waals surface area contributed by atoms with Crippen LogP contribution in [0.25, 0.3) is 0 Å². The molecule has 0 aromatic carbocycles. The lowest BCUT2D eigenvalue weighted by Gasteiger charge is -2.18. The van der Waals surface area contributed by atoms with E-state index >= 15 is 0 Å². The van der Waals surface area contributed by atoms with Crippen molar-refractivity contribution in [1.29, 1.82) is 0 Å². The molecular formula is C67H118O6. The van der Waals surface area contributed by atoms with Gasteiger partial charge in [0.15, 0.2) is 6.10 Å². The van der Waals surface area contributed by atoms with Crippen LogP contribution in [0.4, 0.5) is 0 Å². The van der Waals surface area contributed by atoms with Gasteiger partial charge in [-0.05, 0) is 103 Å². The highest BCUT2D eigenvalue weighted by Gasteiger charge is 2.19. The van der Waals surface area contributed by atoms with Crippen molar-refractivity contribution >= 4 is 17.9 Å². The molecule has 1 atom stereocenters. The summed E-state index contributed by atoms with van der Waals surface area (Å²) >= 11 is 0. The fourth-order valence-corrected chi connectivity index (χ4v) is 8.96. The third kappa shape index (κ3) is 59.6. The number of carbonyl (C=O) groups is 3. The van der Waals surface area contributed by atoms with E-state index in [0.717, 1.165) is 109 Å². The summed E-state index contributed by atoms with van der Waals surface area (Å²) in [6.07, 6.45) is 79.1. The van der Waals surface area contributed by atoms with Crippen LogP contribution >= 0.6 is 0 Å². The van der Waals surface area contributed by atoms with Gasteiger partial charge in [0, 0.05) is 19.3 Å². The van der Waals surface area contributed by atoms with Crippen LogP contribution in [0, 0.1) is 0 Å². The number of rotatable bonds is 57. The van der Waals surface area contributed by atoms with Gasteiger partial charge in [-0.1, -0.05) is 267 Å². The number of allylic oxidation sites excluding steroid dienone is 12. The monoisotopic (exact) mass is 1020 g/mol. The van der Waals surface area contributed by atoms with Crippen molar-refractivity contribution in [2.45, 2.75) is 322 Å². The zero-order chi connectivity index (χ0) is 52.9. The van der Waals surface area contributed by atoms with Gasteiger partial charge >= 0.3 is 17.9 Å². The van der Waals surface area contributed by atoms with Crippen molar-refractivity contribution in [3.63, 3.8) is 0 Å². The van der Waals surface area contributed by atoms with E-state index in [9.17, 15) is 14.4 Å². The van der Waals surface area contributed by atoms with Gasteiger partial charge in [-0.15, -0.1) is 0 Å². The van der Waals surface area contributed by atoms with E-state index in [1.54, 1.807) is 0 Å². The van der Waals surface area contributed by atoms with E-state index in [4.69, 9.17) is 14.2 Å². The number of carbonyl (C=O) groups excluding carboxylic acids is 3. The van der Waals surface area contributed by atoms with Crippen molar-refractivity contribution < 1.29 is 28.6 Å². The molecule has 6 heteroatoms. The zero-order valence-corrected chi connectivity index (χ0v) is 48.4. The van der Waals surface area contributed by atoms with Gasteiger partial charge in [-0.3, -0.25) is 14.4 Å². The maximum absolute atomic E-state index is 12.9. The van der Waals surface area contributed by atoms with Gasteiger partial charge in [0.05, 0.1) is 0 Å². The Morgan fingerprint density at radius 2 is 0.562 bits per heavy atom. The van der Waals surface area contributed by atoms with Crippen LogP contribution in [0.5, 0.6) is 0 Å². The van der Waals surface area contributed by atoms with E-state index in [1.165, 1.54) is 167 Å². The molecule has 1 unspecified atom stereocenters. The minimum absolute atomic E-state index is 0.0827. The molecule has 0 aromatic heterocycles. The first-order valence-corrected chi connectivity index (χ1v) is 31.4. The number of unbranched alkanes of at least 4 members (excludes halogenated alkanes) is 34. The maximum atomic E-state index is 12.9. The molecule has 0 bridgehead atoms. The van der Waals surface area contributed by atoms with Gasteiger partial charge in [-0.25, -0.2) is 0 Å². The highest BCUT2D eigenvalue weighted by atomic mass is 16.6. The van der Waals surface area contributed by atoms with Gasteiger partial charge < -0.3 is 14.2 Å². The summed E-state index contributed by atoms with van der Waals surface area (Å²) in [5.74, 6) is -0.896. The lowest BCUT2D eigenvalue weighted by molar-refractivity contribution is -0.167. The summed E-state index contributed by atoms with van der Waals surface area (Å²) in [6, 6.07) is 0. The van der Waals surface area contributed by atoms with E-state index in [1.807, 2.05) is 0 Å². The van der Waals surface area contributed by atoms with E-state index in [0.29, 0.717) is 19.3 Å². The van der Waals surface area contributed by atoms with Gasteiger partial charge in [0.2, 0.25) is 0 Å². The van der Waals surface area contributed by atoms with Crippen LogP contribution in [0.3, 0.4) is 0 Å². The van der Waals surface area contributed by atoms with Crippen molar-refractivity contribution in [2.75, 3.05) is 13.2 Å². The van der Waals surface area contributed by atoms with Crippen molar-refractivity contribution in [1.82, 2.24) is 0 Å². The normalized spacial score (nSPS) is 12.5. The maximum Gasteiger partial charge on any atom is 0.306 e. The molecule has 0 spiro atoms. The summed E-state index contributed by atoms with van der Waals surface area (Å²) in [5, 5.41) is 0. The number of esters is 3. The first-order valence-electron chi connectivity index (χ1n) is 31.4. The Morgan fingerprint density at radius 1 is 0.288 bits per heavy atom. The number of hydrogen-bond donors (Lipinski definition) is 0. The fourth-order valence-electron chi connectivity index (χ4n) is 8.96. The molecule has 73 heavy (non-hydrogen) atoms. The molecule has 0 aliphatic heterocycles. The largest absolute Gasteiger partial charge is 0.462 e. The van der Waals surface area contributed by atoms with E-state index in [-0.39, 0.29) is 31.1 Å². The van der Waals surface area contributed by atoms with Crippen molar-refractivity contribution in [2.24, 2.45) is 0 Å². The van der Waals surface area contributed by atoms with Gasteiger partial charge in [0.25, 0.3) is 0 Å². The van der Waals surface area contributed by atoms with Crippen LogP contribution < -0.4 is 0 Å². The molecule has 0 N–H and O–H groups in total. The van der Waals surface area contributed by atoms with Gasteiger partial charge in [0.1, 0.15) is 13.2 Å². The molecular weight excluding hydrogens is 901 g/mol. The lowest BCUT2D eigenvalue weighted by atomic mass is 10.0. The Kier molecular flexibility index (Phi) is 58.7. The molecule has 0 heterocycles. The van der Waals surface area contributed by atoms with Crippen LogP contribution in [-0.2, 0) is 28.6 Å². The van der Waals surface area contributed by atoms with Crippen LogP contribution in [0.1, 0.15) is 316 Å². The Hall–Kier alpha value is -3.15. The average Bonchev–Trinajstić information content (AvgIpc) is 3.39. The molecule has 0 radical (unpaired) electrons. The van der Waals surface area contributed by atoms with Crippen molar-refractivity contribution in [3.8, 4) is 0 Å². The van der Waals surface area contributed by atoms with Gasteiger partial charge in [-0.2, -0.15) is 0 Å². The molecule has 0 aliphatic rings. The molecule has 0 saturated carbocycles. The smallest absolute Gasteiger partial charge is 0.306 e. The molecule has 0 saturated heterocycles. The highest BCUT2D eigenvalue weighted by Crippen LogP contribution is 2.16. The topological polar surface area (TPSA) is 78.9 Å². The third-order valence-electron chi connectivity index (χ3n) is 13.6. The highest BCUT2D eigenvalue weighted by molar-refractivity contribution is 5.71. The molecule has 422 valence electrons. The molecule has 6 nitrogen and oxygen atoms in total. The minimum atomic E-state index is -0.787. The SMILES string of the molecule is CC/C=C\C/C=C\C/C=C\CCCCCCCCCC(=O)OC(COC(=O)CCCCCCC/C=C\C/C=C\CCC)COC(=O)CCCCCCCCCCCCCCC/C=C\CCCCCCCCCC. The van der Waals surface area contributed by atoms with Crippen LogP contribution in [-0.4, -0.2) is 37.2 Å². The summed E-state index contributed by atoms with van der Waals surface area (Å²) < 4.78 is 16.9. The van der Waals surface area contributed by atoms with Crippen LogP contribution in [0.15, 0.2) is 72.9 Å². The second-order valence-corrected chi connectivity index (χ2v) is 20.9. The zero-order valence-electron chi connectivity index (χ0n) is 48.4. The van der Waals surface area contributed by atoms with Crippen LogP contribution in [0.2, 0.25) is 0 Å². The number of hydrogen-bond acceptors (Lipinski definition) is 6. The summed E-state index contributed by atoms with van der Waals surface area (Å²) in [6.45, 7) is 6.48. The molecule has 0 amide bonds. The summed E-state index contributed by atoms with van der Waals surface area (Å²) in [4.78, 5) is 38.2. The fraction of sp³-hybridized carbons (Fsp3) is 0.776. The molecule has 0 rings (SSSR count). The average molecular weight is 1020 g/mol. The van der Waals surface area contributed by atoms with E-state index in [2.05, 4.69) is 93.7 Å². The molecule has 0 aromatic rings. The first kappa shape index (κ1) is 69.8. The Morgan fingerprint density at radius 3 is 0.904 bits per heavy atom. The first-order chi connectivity index (χ1) is 36.0. The quantitative estimate of drug-likeness (QED) is 0.0261. The Balaban J connectivity index is 4.28. The summed E-state index contributed by atoms with van der Waals surface area (Å²) in [5.41, 5.74) is 0. The predicted octanol–water partition coefficient (Wildman–Crippen LogP) is 21.3. The molecule has 0 fully saturated rings. The minimum Gasteiger partial charge on any atom is -0.462 e. The van der Waals surface area contributed by atoms with Crippen molar-refractivity contribution in [3.05, 3.63) is 72.9 Å². The Labute approximate surface area is 453 Å².